The van der Waals surface area contributed by atoms with E-state index in [1.807, 2.05) is 24.3 Å². The first kappa shape index (κ1) is 10.4. The van der Waals surface area contributed by atoms with Crippen LogP contribution in [0.4, 0.5) is 0 Å². The maximum absolute atomic E-state index is 11.4. The molecule has 2 aromatic rings. The molecule has 0 radical (unpaired) electrons. The van der Waals surface area contributed by atoms with Gasteiger partial charge in [0.15, 0.2) is 0 Å². The van der Waals surface area contributed by atoms with E-state index in [1.54, 1.807) is 12.1 Å². The molecule has 2 aromatic heterocycles. The van der Waals surface area contributed by atoms with Crippen LogP contribution >= 0.6 is 0 Å². The molecule has 5 heteroatoms. The molecule has 15 heavy (non-hydrogen) atoms. The van der Waals surface area contributed by atoms with Crippen LogP contribution in [-0.2, 0) is 24.6 Å². The molecule has 0 saturated heterocycles. The van der Waals surface area contributed by atoms with Crippen molar-refractivity contribution in [3.05, 3.63) is 59.2 Å². The molecular formula is C10H8HgN2O2. The fraction of sp³-hybridized carbons (Fsp3) is 0. The van der Waals surface area contributed by atoms with Crippen molar-refractivity contribution >= 4 is 6.41 Å². The van der Waals surface area contributed by atoms with Gasteiger partial charge >= 0.3 is 99.6 Å². The van der Waals surface area contributed by atoms with Gasteiger partial charge in [0.25, 0.3) is 0 Å². The summed E-state index contributed by atoms with van der Waals surface area (Å²) in [7, 11) is 0. The Hall–Kier alpha value is -1.16. The van der Waals surface area contributed by atoms with Crippen LogP contribution in [0.5, 0.6) is 0 Å². The molecule has 0 aromatic carbocycles. The van der Waals surface area contributed by atoms with Crippen LogP contribution in [0.3, 0.4) is 0 Å². The average Bonchev–Trinajstić information content (AvgIpc) is 2.24. The topological polar surface area (TPSA) is 53.9 Å². The Balaban J connectivity index is 2.30. The van der Waals surface area contributed by atoms with Crippen molar-refractivity contribution in [1.82, 2.24) is 0 Å². The summed E-state index contributed by atoms with van der Waals surface area (Å²) < 4.78 is 3.31. The summed E-state index contributed by atoms with van der Waals surface area (Å²) in [6, 6.07) is 10.7. The molecule has 0 unspecified atom stereocenters. The van der Waals surface area contributed by atoms with Gasteiger partial charge in [-0.15, -0.1) is 0 Å². The van der Waals surface area contributed by atoms with Crippen molar-refractivity contribution in [2.24, 2.45) is 0 Å². The standard InChI is InChI=1S/2C5H4NO.Hg/c2*7-6-4-2-1-3-5-6;/h2*1-4H;. The van der Waals surface area contributed by atoms with Gasteiger partial charge in [0.1, 0.15) is 0 Å². The number of aromatic nitrogens is 2. The van der Waals surface area contributed by atoms with Crippen LogP contribution in [-0.4, -0.2) is 0 Å². The second-order valence-electron chi connectivity index (χ2n) is 3.21. The third kappa shape index (κ3) is 2.44. The van der Waals surface area contributed by atoms with Crippen LogP contribution in [0, 0.1) is 10.4 Å². The fourth-order valence-electron chi connectivity index (χ4n) is 1.39. The molecule has 4 nitrogen and oxygen atoms in total. The van der Waals surface area contributed by atoms with E-state index in [1.165, 1.54) is 12.4 Å². The third-order valence-electron chi connectivity index (χ3n) is 2.17. The molecule has 2 heterocycles. The zero-order valence-electron chi connectivity index (χ0n) is 8.04. The number of pyridine rings is 2. The van der Waals surface area contributed by atoms with Gasteiger partial charge < -0.3 is 0 Å². The van der Waals surface area contributed by atoms with Crippen LogP contribution < -0.4 is 15.9 Å². The van der Waals surface area contributed by atoms with Crippen molar-refractivity contribution in [2.75, 3.05) is 0 Å². The fourth-order valence-corrected chi connectivity index (χ4v) is 6.83. The average molecular weight is 389 g/mol. The van der Waals surface area contributed by atoms with E-state index < -0.39 is 24.6 Å². The van der Waals surface area contributed by atoms with Crippen LogP contribution in [0.25, 0.3) is 0 Å². The maximum atomic E-state index is 11.4. The van der Waals surface area contributed by atoms with E-state index in [0.717, 1.165) is 15.9 Å². The second-order valence-corrected chi connectivity index (χ2v) is 10.2. The number of hydrogen-bond acceptors (Lipinski definition) is 2. The number of hydrogen-bond donors (Lipinski definition) is 0. The van der Waals surface area contributed by atoms with Crippen LogP contribution in [0.15, 0.2) is 48.8 Å². The van der Waals surface area contributed by atoms with Crippen molar-refractivity contribution in [1.29, 1.82) is 0 Å². The van der Waals surface area contributed by atoms with Gasteiger partial charge in [-0.25, -0.2) is 0 Å². The molecule has 0 amide bonds. The minimum atomic E-state index is -1.79. The van der Waals surface area contributed by atoms with Gasteiger partial charge in [0.05, 0.1) is 0 Å². The van der Waals surface area contributed by atoms with E-state index in [4.69, 9.17) is 0 Å². The van der Waals surface area contributed by atoms with E-state index >= 15 is 0 Å². The van der Waals surface area contributed by atoms with Gasteiger partial charge in [0.2, 0.25) is 0 Å². The monoisotopic (exact) mass is 390 g/mol. The first-order valence-electron chi connectivity index (χ1n) is 4.61. The second kappa shape index (κ2) is 4.57. The molecule has 2 rings (SSSR count). The molecule has 0 saturated carbocycles. The summed E-state index contributed by atoms with van der Waals surface area (Å²) in [6.45, 7) is 0. The van der Waals surface area contributed by atoms with Crippen LogP contribution in [0.1, 0.15) is 0 Å². The molecule has 72 valence electrons. The number of rotatable bonds is 2. The van der Waals surface area contributed by atoms with Crippen LogP contribution in [0.2, 0.25) is 0 Å². The summed E-state index contributed by atoms with van der Waals surface area (Å²) in [4.78, 5) is 0. The Morgan fingerprint density at radius 1 is 0.800 bits per heavy atom. The molecular weight excluding hydrogens is 381 g/mol. The van der Waals surface area contributed by atoms with Crippen molar-refractivity contribution in [3.8, 4) is 0 Å². The minimum absolute atomic E-state index is 0.785. The first-order chi connectivity index (χ1) is 7.27. The Kier molecular flexibility index (Phi) is 3.15. The van der Waals surface area contributed by atoms with Crippen molar-refractivity contribution < 1.29 is 34.0 Å². The Bertz CT molecular complexity index is 433. The van der Waals surface area contributed by atoms with Gasteiger partial charge in [-0.2, -0.15) is 0 Å². The zero-order chi connectivity index (χ0) is 10.7. The molecule has 0 spiro atoms. The quantitative estimate of drug-likeness (QED) is 0.376. The summed E-state index contributed by atoms with van der Waals surface area (Å²) in [5.74, 6) is 0. The van der Waals surface area contributed by atoms with E-state index in [-0.39, 0.29) is 0 Å². The molecule has 0 fully saturated rings. The van der Waals surface area contributed by atoms with Gasteiger partial charge in [-0.05, 0) is 0 Å². The van der Waals surface area contributed by atoms with Gasteiger partial charge in [-0.3, -0.25) is 0 Å². The van der Waals surface area contributed by atoms with E-state index in [2.05, 4.69) is 0 Å². The van der Waals surface area contributed by atoms with Crippen molar-refractivity contribution in [2.45, 2.75) is 0 Å². The summed E-state index contributed by atoms with van der Waals surface area (Å²) in [5, 5.41) is 22.8. The normalized spacial score (nSPS) is 9.60. The molecule has 0 bridgehead atoms. The predicted octanol–water partition coefficient (Wildman–Crippen LogP) is -1.01. The third-order valence-corrected chi connectivity index (χ3v) is 9.24. The molecule has 0 aliphatic rings. The number of nitrogens with zero attached hydrogens (tertiary/aromatic N) is 2. The molecule has 0 atom stereocenters. The molecule has 0 aliphatic carbocycles. The van der Waals surface area contributed by atoms with E-state index in [0.29, 0.717) is 0 Å². The summed E-state index contributed by atoms with van der Waals surface area (Å²) in [5.41, 5.74) is 0. The zero-order valence-corrected chi connectivity index (χ0v) is 13.5. The molecule has 0 N–H and O–H groups in total. The first-order valence-corrected chi connectivity index (χ1v) is 10.1. The van der Waals surface area contributed by atoms with Gasteiger partial charge in [0, 0.05) is 0 Å². The SMILES string of the molecule is [O-][n+]1cccc[c]1[Hg][c]1cccc[n+]1[O-]. The van der Waals surface area contributed by atoms with E-state index in [9.17, 15) is 10.4 Å². The van der Waals surface area contributed by atoms with Crippen molar-refractivity contribution in [3.63, 3.8) is 0 Å². The Morgan fingerprint density at radius 2 is 1.27 bits per heavy atom. The molecule has 0 aliphatic heterocycles. The Labute approximate surface area is 99.4 Å². The summed E-state index contributed by atoms with van der Waals surface area (Å²) in [6.07, 6.45) is 2.96. The summed E-state index contributed by atoms with van der Waals surface area (Å²) >= 11 is -1.79. The van der Waals surface area contributed by atoms with Gasteiger partial charge in [-0.1, -0.05) is 0 Å². The Morgan fingerprint density at radius 3 is 1.67 bits per heavy atom. The predicted molar refractivity (Wildman–Crippen MR) is 50.1 cm³/mol.